The van der Waals surface area contributed by atoms with Gasteiger partial charge in [0.25, 0.3) is 0 Å². The molecule has 6 nitrogen and oxygen atoms in total. The third-order valence-electron chi connectivity index (χ3n) is 5.35. The van der Waals surface area contributed by atoms with Crippen LogP contribution in [0.15, 0.2) is 36.4 Å². The second-order valence-electron chi connectivity index (χ2n) is 6.86. The molecule has 0 spiro atoms. The van der Waals surface area contributed by atoms with Crippen LogP contribution >= 0.6 is 11.3 Å². The number of ether oxygens (including phenoxy) is 1. The van der Waals surface area contributed by atoms with Crippen LogP contribution in [0.5, 0.6) is 0 Å². The molecule has 1 amide bonds. The molecule has 5 rings (SSSR count). The number of carbonyl (C=O) groups is 2. The number of carbonyl (C=O) groups excluding carboxylic acids is 1. The lowest BCUT2D eigenvalue weighted by Crippen LogP contribution is -2.40. The summed E-state index contributed by atoms with van der Waals surface area (Å²) in [6, 6.07) is 12.1. The molecule has 2 fully saturated rings. The molecule has 3 aromatic rings. The lowest BCUT2D eigenvalue weighted by molar-refractivity contribution is -0.147. The number of anilines is 1. The molecular formula is C19H16N2O4S. The highest BCUT2D eigenvalue weighted by Gasteiger charge is 2.55. The topological polar surface area (TPSA) is 88.5 Å². The van der Waals surface area contributed by atoms with Crippen LogP contribution in [0.1, 0.15) is 12.8 Å². The van der Waals surface area contributed by atoms with Gasteiger partial charge in [0.15, 0.2) is 5.13 Å². The summed E-state index contributed by atoms with van der Waals surface area (Å²) in [5.74, 6) is -2.70. The van der Waals surface area contributed by atoms with Gasteiger partial charge >= 0.3 is 5.97 Å². The highest BCUT2D eigenvalue weighted by Crippen LogP contribution is 2.44. The number of nitrogens with one attached hydrogen (secondary N) is 1. The van der Waals surface area contributed by atoms with Gasteiger partial charge in [-0.25, -0.2) is 4.98 Å². The predicted octanol–water partition coefficient (Wildman–Crippen LogP) is 3.27. The summed E-state index contributed by atoms with van der Waals surface area (Å²) in [6.45, 7) is 0. The number of fused-ring (bicyclic) bond motifs is 4. The molecule has 2 aliphatic heterocycles. The number of amides is 1. The summed E-state index contributed by atoms with van der Waals surface area (Å²) in [4.78, 5) is 28.8. The molecule has 2 aliphatic rings. The maximum absolute atomic E-state index is 12.7. The number of carboxylic acids is 1. The zero-order valence-corrected chi connectivity index (χ0v) is 14.5. The Labute approximate surface area is 152 Å². The van der Waals surface area contributed by atoms with Gasteiger partial charge in [-0.05, 0) is 35.7 Å². The number of hydrogen-bond donors (Lipinski definition) is 2. The van der Waals surface area contributed by atoms with Crippen LogP contribution in [0, 0.1) is 11.8 Å². The molecule has 4 atom stereocenters. The van der Waals surface area contributed by atoms with Crippen molar-refractivity contribution >= 4 is 49.3 Å². The third kappa shape index (κ3) is 2.39. The Morgan fingerprint density at radius 2 is 1.81 bits per heavy atom. The minimum Gasteiger partial charge on any atom is -0.481 e. The molecule has 3 heterocycles. The third-order valence-corrected chi connectivity index (χ3v) is 6.28. The van der Waals surface area contributed by atoms with Crippen LogP contribution in [0.2, 0.25) is 0 Å². The zero-order valence-electron chi connectivity index (χ0n) is 13.7. The SMILES string of the molecule is O=C(O)C1C2CCC(O2)C1C(=O)Nc1nc2cc3ccccc3cc2s1. The number of nitrogens with zero attached hydrogens (tertiary/aromatic N) is 1. The van der Waals surface area contributed by atoms with Crippen LogP contribution in [0.3, 0.4) is 0 Å². The van der Waals surface area contributed by atoms with Gasteiger partial charge in [-0.2, -0.15) is 0 Å². The van der Waals surface area contributed by atoms with Gasteiger partial charge < -0.3 is 15.2 Å². The molecular weight excluding hydrogens is 352 g/mol. The van der Waals surface area contributed by atoms with Crippen LogP contribution in [-0.4, -0.2) is 34.2 Å². The maximum Gasteiger partial charge on any atom is 0.310 e. The summed E-state index contributed by atoms with van der Waals surface area (Å²) in [5, 5.41) is 15.0. The van der Waals surface area contributed by atoms with E-state index in [9.17, 15) is 14.7 Å². The zero-order chi connectivity index (χ0) is 17.8. The predicted molar refractivity (Wildman–Crippen MR) is 98.3 cm³/mol. The molecule has 0 saturated carbocycles. The normalized spacial score (nSPS) is 27.2. The van der Waals surface area contributed by atoms with Crippen molar-refractivity contribution in [3.8, 4) is 0 Å². The van der Waals surface area contributed by atoms with Crippen LogP contribution in [-0.2, 0) is 14.3 Å². The van der Waals surface area contributed by atoms with E-state index >= 15 is 0 Å². The first kappa shape index (κ1) is 15.7. The Bertz CT molecular complexity index is 994. The molecule has 132 valence electrons. The Morgan fingerprint density at radius 1 is 1.12 bits per heavy atom. The lowest BCUT2D eigenvalue weighted by atomic mass is 9.79. The molecule has 7 heteroatoms. The molecule has 26 heavy (non-hydrogen) atoms. The quantitative estimate of drug-likeness (QED) is 0.741. The highest BCUT2D eigenvalue weighted by molar-refractivity contribution is 7.22. The van der Waals surface area contributed by atoms with Gasteiger partial charge in [-0.15, -0.1) is 0 Å². The minimum absolute atomic E-state index is 0.307. The van der Waals surface area contributed by atoms with Gasteiger partial charge in [-0.1, -0.05) is 35.6 Å². The van der Waals surface area contributed by atoms with Gasteiger partial charge in [-0.3, -0.25) is 9.59 Å². The van der Waals surface area contributed by atoms with Crippen LogP contribution in [0.25, 0.3) is 21.0 Å². The van der Waals surface area contributed by atoms with E-state index in [0.29, 0.717) is 11.6 Å². The second-order valence-corrected chi connectivity index (χ2v) is 7.89. The Kier molecular flexibility index (Phi) is 3.48. The van der Waals surface area contributed by atoms with Crippen molar-refractivity contribution in [2.24, 2.45) is 11.8 Å². The van der Waals surface area contributed by atoms with E-state index in [4.69, 9.17) is 4.74 Å². The summed E-state index contributed by atoms with van der Waals surface area (Å²) in [7, 11) is 0. The van der Waals surface area contributed by atoms with Crippen molar-refractivity contribution in [3.05, 3.63) is 36.4 Å². The summed E-state index contributed by atoms with van der Waals surface area (Å²) in [6.07, 6.45) is 0.781. The molecule has 2 N–H and O–H groups in total. The van der Waals surface area contributed by atoms with Crippen LogP contribution < -0.4 is 5.32 Å². The number of thiazole rings is 1. The first-order valence-electron chi connectivity index (χ1n) is 8.58. The average molecular weight is 368 g/mol. The number of aliphatic carboxylic acids is 1. The fourth-order valence-electron chi connectivity index (χ4n) is 4.18. The van der Waals surface area contributed by atoms with E-state index < -0.39 is 17.8 Å². The average Bonchev–Trinajstić information content (AvgIpc) is 3.32. The molecule has 4 unspecified atom stereocenters. The van der Waals surface area contributed by atoms with Crippen molar-refractivity contribution in [3.63, 3.8) is 0 Å². The molecule has 1 aromatic heterocycles. The Balaban J connectivity index is 1.44. The lowest BCUT2D eigenvalue weighted by Gasteiger charge is -2.23. The van der Waals surface area contributed by atoms with Crippen molar-refractivity contribution in [1.29, 1.82) is 0 Å². The highest BCUT2D eigenvalue weighted by atomic mass is 32.1. The first-order chi connectivity index (χ1) is 12.6. The van der Waals surface area contributed by atoms with E-state index in [1.54, 1.807) is 0 Å². The van der Waals surface area contributed by atoms with E-state index in [1.165, 1.54) is 11.3 Å². The molecule has 0 radical (unpaired) electrons. The van der Waals surface area contributed by atoms with E-state index in [2.05, 4.69) is 16.4 Å². The van der Waals surface area contributed by atoms with Gasteiger partial charge in [0.2, 0.25) is 5.91 Å². The number of benzene rings is 2. The summed E-state index contributed by atoms with van der Waals surface area (Å²) < 4.78 is 6.65. The minimum atomic E-state index is -0.965. The molecule has 0 aliphatic carbocycles. The van der Waals surface area contributed by atoms with E-state index in [1.807, 2.05) is 30.3 Å². The van der Waals surface area contributed by atoms with Crippen molar-refractivity contribution in [2.45, 2.75) is 25.0 Å². The first-order valence-corrected chi connectivity index (χ1v) is 9.40. The fraction of sp³-hybridized carbons (Fsp3) is 0.316. The standard InChI is InChI=1S/C19H16N2O4S/c22-17(15-12-5-6-13(25-12)16(15)18(23)24)21-19-20-11-7-9-3-1-2-4-10(9)8-14(11)26-19/h1-4,7-8,12-13,15-16H,5-6H2,(H,23,24)(H,20,21,22). The van der Waals surface area contributed by atoms with E-state index in [-0.39, 0.29) is 18.1 Å². The number of aromatic nitrogens is 1. The van der Waals surface area contributed by atoms with Gasteiger partial charge in [0, 0.05) is 0 Å². The van der Waals surface area contributed by atoms with E-state index in [0.717, 1.165) is 27.4 Å². The number of hydrogen-bond acceptors (Lipinski definition) is 5. The Morgan fingerprint density at radius 3 is 2.54 bits per heavy atom. The maximum atomic E-state index is 12.7. The second kappa shape index (κ2) is 5.75. The largest absolute Gasteiger partial charge is 0.481 e. The van der Waals surface area contributed by atoms with Gasteiger partial charge in [0.05, 0.1) is 34.3 Å². The van der Waals surface area contributed by atoms with Gasteiger partial charge in [0.1, 0.15) is 0 Å². The fourth-order valence-corrected chi connectivity index (χ4v) is 5.08. The summed E-state index contributed by atoms with van der Waals surface area (Å²) >= 11 is 1.40. The monoisotopic (exact) mass is 368 g/mol. The number of carboxylic acid groups (broad SMARTS) is 1. The molecule has 2 saturated heterocycles. The number of rotatable bonds is 3. The summed E-state index contributed by atoms with van der Waals surface area (Å²) in [5.41, 5.74) is 0.822. The van der Waals surface area contributed by atoms with Crippen molar-refractivity contribution < 1.29 is 19.4 Å². The molecule has 2 aromatic carbocycles. The smallest absolute Gasteiger partial charge is 0.310 e. The van der Waals surface area contributed by atoms with Crippen LogP contribution in [0.4, 0.5) is 5.13 Å². The van der Waals surface area contributed by atoms with Crippen molar-refractivity contribution in [1.82, 2.24) is 4.98 Å². The molecule has 2 bridgehead atoms. The Hall–Kier alpha value is -2.51. The van der Waals surface area contributed by atoms with Crippen molar-refractivity contribution in [2.75, 3.05) is 5.32 Å².